The van der Waals surface area contributed by atoms with Crippen molar-refractivity contribution in [3.63, 3.8) is 0 Å². The molecule has 120 valence electrons. The summed E-state index contributed by atoms with van der Waals surface area (Å²) in [5.41, 5.74) is 3.62. The maximum absolute atomic E-state index is 10.2. The third-order valence-corrected chi connectivity index (χ3v) is 4.18. The van der Waals surface area contributed by atoms with Crippen LogP contribution in [0.3, 0.4) is 0 Å². The van der Waals surface area contributed by atoms with Crippen LogP contribution < -0.4 is 0 Å². The molecular weight excluding hydrogens is 314 g/mol. The average molecular weight is 327 g/mol. The van der Waals surface area contributed by atoms with Crippen LogP contribution in [-0.2, 0) is 0 Å². The monoisotopic (exact) mass is 327 g/mol. The zero-order valence-corrected chi connectivity index (χ0v) is 13.1. The Morgan fingerprint density at radius 2 is 1.16 bits per heavy atom. The number of fused-ring (bicyclic) bond motifs is 2. The summed E-state index contributed by atoms with van der Waals surface area (Å²) < 4.78 is 3.72. The van der Waals surface area contributed by atoms with E-state index in [9.17, 15) is 5.11 Å². The minimum atomic E-state index is 0.135. The molecule has 6 nitrogen and oxygen atoms in total. The van der Waals surface area contributed by atoms with E-state index < -0.39 is 0 Å². The quantitative estimate of drug-likeness (QED) is 0.539. The molecule has 25 heavy (non-hydrogen) atoms. The fourth-order valence-corrected chi connectivity index (χ4v) is 3.02. The molecule has 6 heteroatoms. The van der Waals surface area contributed by atoms with Crippen molar-refractivity contribution in [2.75, 3.05) is 0 Å². The Morgan fingerprint density at radius 1 is 0.680 bits per heavy atom. The van der Waals surface area contributed by atoms with Gasteiger partial charge in [-0.2, -0.15) is 0 Å². The van der Waals surface area contributed by atoms with Gasteiger partial charge in [-0.1, -0.05) is 24.3 Å². The van der Waals surface area contributed by atoms with Crippen LogP contribution in [0.4, 0.5) is 0 Å². The second kappa shape index (κ2) is 5.17. The molecule has 0 aliphatic rings. The molecule has 5 aromatic rings. The first-order valence-corrected chi connectivity index (χ1v) is 7.85. The Labute approximate surface area is 142 Å². The van der Waals surface area contributed by atoms with Gasteiger partial charge < -0.3 is 5.11 Å². The normalized spacial score (nSPS) is 11.4. The number of hydrogen-bond acceptors (Lipinski definition) is 4. The number of benzene rings is 2. The lowest BCUT2D eigenvalue weighted by Gasteiger charge is -2.09. The largest absolute Gasteiger partial charge is 0.508 e. The summed E-state index contributed by atoms with van der Waals surface area (Å²) >= 11 is 0. The van der Waals surface area contributed by atoms with Crippen LogP contribution in [0.25, 0.3) is 33.7 Å². The molecule has 0 radical (unpaired) electrons. The molecular formula is C19H13N5O. The molecule has 5 rings (SSSR count). The van der Waals surface area contributed by atoms with Crippen LogP contribution in [0.5, 0.6) is 5.75 Å². The lowest BCUT2D eigenvalue weighted by molar-refractivity contribution is 0.474. The van der Waals surface area contributed by atoms with Gasteiger partial charge in [0.25, 0.3) is 0 Å². The van der Waals surface area contributed by atoms with Crippen LogP contribution >= 0.6 is 0 Å². The predicted molar refractivity (Wildman–Crippen MR) is 95.2 cm³/mol. The third-order valence-electron chi connectivity index (χ3n) is 4.18. The maximum Gasteiger partial charge on any atom is 0.144 e. The Kier molecular flexibility index (Phi) is 2.84. The molecule has 3 heterocycles. The van der Waals surface area contributed by atoms with Crippen molar-refractivity contribution in [1.82, 2.24) is 24.1 Å². The molecule has 0 spiro atoms. The van der Waals surface area contributed by atoms with Gasteiger partial charge in [0, 0.05) is 12.1 Å². The summed E-state index contributed by atoms with van der Waals surface area (Å²) in [6.07, 6.45) is 3.42. The van der Waals surface area contributed by atoms with Crippen molar-refractivity contribution in [1.29, 1.82) is 0 Å². The van der Waals surface area contributed by atoms with Crippen LogP contribution in [0.1, 0.15) is 0 Å². The van der Waals surface area contributed by atoms with E-state index in [0.29, 0.717) is 11.6 Å². The van der Waals surface area contributed by atoms with Gasteiger partial charge in [0.05, 0.1) is 22.1 Å². The van der Waals surface area contributed by atoms with Crippen LogP contribution in [-0.4, -0.2) is 29.2 Å². The fraction of sp³-hybridized carbons (Fsp3) is 0. The number of para-hydroxylation sites is 4. The number of aromatic nitrogens is 5. The Bertz CT molecular complexity index is 1130. The molecule has 0 aliphatic carbocycles. The maximum atomic E-state index is 10.2. The first-order chi connectivity index (χ1) is 12.3. The number of aromatic hydroxyl groups is 1. The van der Waals surface area contributed by atoms with Crippen LogP contribution in [0.15, 0.2) is 73.3 Å². The first kappa shape index (κ1) is 13.7. The van der Waals surface area contributed by atoms with Gasteiger partial charge in [-0.3, -0.25) is 9.13 Å². The standard InChI is InChI=1S/C19H13N5O/c25-13-9-18(23-11-20-14-5-1-3-7-16(14)23)22-19(10-13)24-12-21-15-6-2-4-8-17(15)24/h1-12H,(H,22,25). The third kappa shape index (κ3) is 2.15. The lowest BCUT2D eigenvalue weighted by Crippen LogP contribution is -2.01. The summed E-state index contributed by atoms with van der Waals surface area (Å²) in [5, 5.41) is 10.2. The van der Waals surface area contributed by atoms with Gasteiger partial charge in [-0.25, -0.2) is 15.0 Å². The van der Waals surface area contributed by atoms with Crippen LogP contribution in [0.2, 0.25) is 0 Å². The summed E-state index contributed by atoms with van der Waals surface area (Å²) in [7, 11) is 0. The van der Waals surface area contributed by atoms with Crippen molar-refractivity contribution in [3.8, 4) is 17.4 Å². The molecule has 1 N–H and O–H groups in total. The highest BCUT2D eigenvalue weighted by atomic mass is 16.3. The Hall–Kier alpha value is -3.67. The molecule has 0 amide bonds. The zero-order chi connectivity index (χ0) is 16.8. The molecule has 0 aliphatic heterocycles. The molecule has 0 saturated carbocycles. The highest BCUT2D eigenvalue weighted by Crippen LogP contribution is 2.24. The summed E-state index contributed by atoms with van der Waals surface area (Å²) in [5.74, 6) is 1.33. The van der Waals surface area contributed by atoms with Crippen molar-refractivity contribution < 1.29 is 5.11 Å². The average Bonchev–Trinajstić information content (AvgIpc) is 3.25. The molecule has 0 bridgehead atoms. The summed E-state index contributed by atoms with van der Waals surface area (Å²) in [6.45, 7) is 0. The van der Waals surface area contributed by atoms with E-state index in [-0.39, 0.29) is 5.75 Å². The van der Waals surface area contributed by atoms with E-state index in [0.717, 1.165) is 22.1 Å². The van der Waals surface area contributed by atoms with E-state index >= 15 is 0 Å². The highest BCUT2D eigenvalue weighted by molar-refractivity contribution is 5.78. The predicted octanol–water partition coefficient (Wildman–Crippen LogP) is 3.47. The number of rotatable bonds is 2. The first-order valence-electron chi connectivity index (χ1n) is 7.85. The van der Waals surface area contributed by atoms with Gasteiger partial charge in [-0.15, -0.1) is 0 Å². The SMILES string of the molecule is Oc1cc(-n2cnc3ccccc32)nc(-n2cnc3ccccc32)c1. The Balaban J connectivity index is 1.73. The smallest absolute Gasteiger partial charge is 0.144 e. The molecule has 0 atom stereocenters. The van der Waals surface area contributed by atoms with Crippen molar-refractivity contribution in [3.05, 3.63) is 73.3 Å². The lowest BCUT2D eigenvalue weighted by atomic mass is 10.3. The van der Waals surface area contributed by atoms with Gasteiger partial charge in [0.15, 0.2) is 0 Å². The van der Waals surface area contributed by atoms with Gasteiger partial charge >= 0.3 is 0 Å². The van der Waals surface area contributed by atoms with E-state index in [1.807, 2.05) is 57.7 Å². The van der Waals surface area contributed by atoms with Gasteiger partial charge in [0.1, 0.15) is 30.0 Å². The van der Waals surface area contributed by atoms with Crippen LogP contribution in [0, 0.1) is 0 Å². The number of imidazole rings is 2. The van der Waals surface area contributed by atoms with E-state index in [1.54, 1.807) is 24.8 Å². The molecule has 2 aromatic carbocycles. The minimum Gasteiger partial charge on any atom is -0.508 e. The molecule has 0 fully saturated rings. The fourth-order valence-electron chi connectivity index (χ4n) is 3.02. The summed E-state index contributed by atoms with van der Waals surface area (Å²) in [6, 6.07) is 18.9. The van der Waals surface area contributed by atoms with E-state index in [1.165, 1.54) is 0 Å². The summed E-state index contributed by atoms with van der Waals surface area (Å²) in [4.78, 5) is 13.5. The second-order valence-electron chi connectivity index (χ2n) is 5.75. The second-order valence-corrected chi connectivity index (χ2v) is 5.75. The number of pyridine rings is 1. The topological polar surface area (TPSA) is 68.8 Å². The number of nitrogens with zero attached hydrogens (tertiary/aromatic N) is 5. The van der Waals surface area contributed by atoms with Gasteiger partial charge in [-0.05, 0) is 24.3 Å². The Morgan fingerprint density at radius 3 is 1.68 bits per heavy atom. The van der Waals surface area contributed by atoms with Crippen molar-refractivity contribution in [2.24, 2.45) is 0 Å². The molecule has 3 aromatic heterocycles. The zero-order valence-electron chi connectivity index (χ0n) is 13.1. The van der Waals surface area contributed by atoms with Crippen molar-refractivity contribution >= 4 is 22.1 Å². The van der Waals surface area contributed by atoms with E-state index in [2.05, 4.69) is 9.97 Å². The number of hydrogen-bond donors (Lipinski definition) is 1. The molecule has 0 saturated heterocycles. The van der Waals surface area contributed by atoms with Gasteiger partial charge in [0.2, 0.25) is 0 Å². The van der Waals surface area contributed by atoms with E-state index in [4.69, 9.17) is 4.98 Å². The minimum absolute atomic E-state index is 0.135. The van der Waals surface area contributed by atoms with Crippen molar-refractivity contribution in [2.45, 2.75) is 0 Å². The highest BCUT2D eigenvalue weighted by Gasteiger charge is 2.11. The molecule has 0 unspecified atom stereocenters.